The number of hydrogen-bond donors (Lipinski definition) is 1. The average molecular weight is 296 g/mol. The van der Waals surface area contributed by atoms with Crippen LogP contribution in [0.5, 0.6) is 0 Å². The molecule has 120 valence electrons. The van der Waals surface area contributed by atoms with Crippen LogP contribution in [-0.2, 0) is 9.59 Å². The van der Waals surface area contributed by atoms with E-state index in [4.69, 9.17) is 0 Å². The second-order valence-electron chi connectivity index (χ2n) is 7.01. The summed E-state index contributed by atoms with van der Waals surface area (Å²) < 4.78 is 0. The van der Waals surface area contributed by atoms with E-state index in [1.807, 2.05) is 7.05 Å². The van der Waals surface area contributed by atoms with Gasteiger partial charge >= 0.3 is 5.97 Å². The molecule has 1 saturated heterocycles. The van der Waals surface area contributed by atoms with Crippen LogP contribution in [0, 0.1) is 11.3 Å². The summed E-state index contributed by atoms with van der Waals surface area (Å²) in [5, 5.41) is 9.56. The maximum atomic E-state index is 12.4. The van der Waals surface area contributed by atoms with Crippen LogP contribution in [0.3, 0.4) is 0 Å². The molecule has 5 nitrogen and oxygen atoms in total. The molecule has 2 fully saturated rings. The molecular formula is C16H28N2O3. The Morgan fingerprint density at radius 2 is 1.95 bits per heavy atom. The Morgan fingerprint density at radius 3 is 2.48 bits per heavy atom. The summed E-state index contributed by atoms with van der Waals surface area (Å²) in [6.45, 7) is 2.87. The van der Waals surface area contributed by atoms with Crippen molar-refractivity contribution in [3.63, 3.8) is 0 Å². The number of nitrogens with zero attached hydrogens (tertiary/aromatic N) is 2. The van der Waals surface area contributed by atoms with E-state index in [9.17, 15) is 14.7 Å². The van der Waals surface area contributed by atoms with Crippen LogP contribution >= 0.6 is 0 Å². The van der Waals surface area contributed by atoms with Crippen molar-refractivity contribution in [2.24, 2.45) is 11.3 Å². The van der Waals surface area contributed by atoms with Gasteiger partial charge in [0.15, 0.2) is 0 Å². The molecule has 0 spiro atoms. The van der Waals surface area contributed by atoms with Crippen LogP contribution in [0.25, 0.3) is 0 Å². The second kappa shape index (κ2) is 6.77. The fraction of sp³-hybridized carbons (Fsp3) is 0.875. The van der Waals surface area contributed by atoms with Crippen LogP contribution < -0.4 is 0 Å². The van der Waals surface area contributed by atoms with Crippen LogP contribution in [0.4, 0.5) is 0 Å². The van der Waals surface area contributed by atoms with Crippen molar-refractivity contribution < 1.29 is 14.7 Å². The topological polar surface area (TPSA) is 60.9 Å². The van der Waals surface area contributed by atoms with Gasteiger partial charge in [0.05, 0.1) is 5.41 Å². The summed E-state index contributed by atoms with van der Waals surface area (Å²) in [4.78, 5) is 28.1. The van der Waals surface area contributed by atoms with E-state index in [1.54, 1.807) is 4.90 Å². The van der Waals surface area contributed by atoms with E-state index in [2.05, 4.69) is 11.9 Å². The van der Waals surface area contributed by atoms with Gasteiger partial charge in [-0.15, -0.1) is 0 Å². The lowest BCUT2D eigenvalue weighted by Crippen LogP contribution is -2.41. The lowest BCUT2D eigenvalue weighted by atomic mass is 9.71. The Labute approximate surface area is 127 Å². The first kappa shape index (κ1) is 16.3. The van der Waals surface area contributed by atoms with Crippen LogP contribution in [0.2, 0.25) is 0 Å². The smallest absolute Gasteiger partial charge is 0.310 e. The molecule has 0 radical (unpaired) electrons. The number of carboxylic acid groups (broad SMARTS) is 1. The van der Waals surface area contributed by atoms with Crippen molar-refractivity contribution in [2.75, 3.05) is 33.7 Å². The molecule has 1 N–H and O–H groups in total. The minimum atomic E-state index is -0.809. The molecule has 1 heterocycles. The molecule has 1 amide bonds. The highest BCUT2D eigenvalue weighted by Crippen LogP contribution is 2.40. The zero-order valence-electron chi connectivity index (χ0n) is 13.3. The summed E-state index contributed by atoms with van der Waals surface area (Å²) in [7, 11) is 3.92. The summed E-state index contributed by atoms with van der Waals surface area (Å²) in [5.74, 6) is -0.269. The molecule has 1 saturated carbocycles. The monoisotopic (exact) mass is 296 g/mol. The molecule has 21 heavy (non-hydrogen) atoms. The SMILES string of the molecule is CN1CCC(CN(C)C(=O)CC2(C(=O)O)CCCCC2)C1. The zero-order valence-corrected chi connectivity index (χ0v) is 13.3. The number of carboxylic acids is 1. The highest BCUT2D eigenvalue weighted by Gasteiger charge is 2.42. The fourth-order valence-electron chi connectivity index (χ4n) is 3.78. The predicted molar refractivity (Wildman–Crippen MR) is 81.0 cm³/mol. The van der Waals surface area contributed by atoms with Crippen LogP contribution in [0.15, 0.2) is 0 Å². The highest BCUT2D eigenvalue weighted by molar-refractivity contribution is 5.85. The number of carbonyl (C=O) groups excluding carboxylic acids is 1. The van der Waals surface area contributed by atoms with E-state index >= 15 is 0 Å². The number of likely N-dealkylation sites (tertiary alicyclic amines) is 1. The zero-order chi connectivity index (χ0) is 15.5. The molecule has 5 heteroatoms. The average Bonchev–Trinajstić information content (AvgIpc) is 2.85. The van der Waals surface area contributed by atoms with E-state index in [1.165, 1.54) is 0 Å². The number of rotatable bonds is 5. The van der Waals surface area contributed by atoms with Gasteiger partial charge in [-0.05, 0) is 38.8 Å². The number of carbonyl (C=O) groups is 2. The summed E-state index contributed by atoms with van der Waals surface area (Å²) in [5.41, 5.74) is -0.809. The Morgan fingerprint density at radius 1 is 1.29 bits per heavy atom. The lowest BCUT2D eigenvalue weighted by molar-refractivity contribution is -0.155. The van der Waals surface area contributed by atoms with Gasteiger partial charge in [-0.2, -0.15) is 0 Å². The van der Waals surface area contributed by atoms with Crippen LogP contribution in [-0.4, -0.2) is 60.5 Å². The van der Waals surface area contributed by atoms with Gasteiger partial charge in [0.2, 0.25) is 5.91 Å². The molecule has 1 aliphatic carbocycles. The van der Waals surface area contributed by atoms with Crippen molar-refractivity contribution in [1.82, 2.24) is 9.80 Å². The van der Waals surface area contributed by atoms with Crippen molar-refractivity contribution in [2.45, 2.75) is 44.9 Å². The summed E-state index contributed by atoms with van der Waals surface area (Å²) in [6, 6.07) is 0. The van der Waals surface area contributed by atoms with E-state index in [0.29, 0.717) is 18.8 Å². The lowest BCUT2D eigenvalue weighted by Gasteiger charge is -2.34. The van der Waals surface area contributed by atoms with E-state index in [-0.39, 0.29) is 12.3 Å². The maximum absolute atomic E-state index is 12.4. The molecule has 2 rings (SSSR count). The molecule has 1 aliphatic heterocycles. The number of hydrogen-bond acceptors (Lipinski definition) is 3. The predicted octanol–water partition coefficient (Wildman–Crippen LogP) is 1.82. The largest absolute Gasteiger partial charge is 0.481 e. The van der Waals surface area contributed by atoms with Gasteiger partial charge in [-0.25, -0.2) is 0 Å². The van der Waals surface area contributed by atoms with E-state index < -0.39 is 11.4 Å². The quantitative estimate of drug-likeness (QED) is 0.840. The Kier molecular flexibility index (Phi) is 5.25. The third-order valence-corrected chi connectivity index (χ3v) is 5.20. The molecule has 0 aromatic carbocycles. The highest BCUT2D eigenvalue weighted by atomic mass is 16.4. The Hall–Kier alpha value is -1.10. The third kappa shape index (κ3) is 3.96. The Balaban J connectivity index is 1.90. The summed E-state index contributed by atoms with van der Waals surface area (Å²) >= 11 is 0. The maximum Gasteiger partial charge on any atom is 0.310 e. The third-order valence-electron chi connectivity index (χ3n) is 5.20. The van der Waals surface area contributed by atoms with Gasteiger partial charge in [0.1, 0.15) is 0 Å². The summed E-state index contributed by atoms with van der Waals surface area (Å²) in [6.07, 6.45) is 5.53. The minimum absolute atomic E-state index is 0.00569. The molecular weight excluding hydrogens is 268 g/mol. The minimum Gasteiger partial charge on any atom is -0.481 e. The van der Waals surface area contributed by atoms with Gasteiger partial charge in [-0.3, -0.25) is 9.59 Å². The normalized spacial score (nSPS) is 25.7. The second-order valence-corrected chi connectivity index (χ2v) is 7.01. The van der Waals surface area contributed by atoms with Crippen molar-refractivity contribution in [1.29, 1.82) is 0 Å². The van der Waals surface area contributed by atoms with Crippen molar-refractivity contribution >= 4 is 11.9 Å². The standard InChI is InChI=1S/C16H28N2O3/c1-17-9-6-13(11-17)12-18(2)14(19)10-16(15(20)21)7-4-3-5-8-16/h13H,3-12H2,1-2H3,(H,20,21). The van der Waals surface area contributed by atoms with Gasteiger partial charge in [0.25, 0.3) is 0 Å². The van der Waals surface area contributed by atoms with Gasteiger partial charge in [-0.1, -0.05) is 19.3 Å². The Bertz CT molecular complexity index is 391. The van der Waals surface area contributed by atoms with Gasteiger partial charge < -0.3 is 14.9 Å². The molecule has 2 aliphatic rings. The molecule has 0 aromatic heterocycles. The first-order chi connectivity index (χ1) is 9.93. The van der Waals surface area contributed by atoms with Crippen molar-refractivity contribution in [3.05, 3.63) is 0 Å². The molecule has 0 aromatic rings. The molecule has 1 unspecified atom stereocenters. The first-order valence-electron chi connectivity index (χ1n) is 8.09. The van der Waals surface area contributed by atoms with Gasteiger partial charge in [0, 0.05) is 26.6 Å². The number of aliphatic carboxylic acids is 1. The number of amides is 1. The van der Waals surface area contributed by atoms with Crippen LogP contribution in [0.1, 0.15) is 44.9 Å². The van der Waals surface area contributed by atoms with Crippen molar-refractivity contribution in [3.8, 4) is 0 Å². The molecule has 1 atom stereocenters. The molecule has 0 bridgehead atoms. The first-order valence-corrected chi connectivity index (χ1v) is 8.09. The fourth-order valence-corrected chi connectivity index (χ4v) is 3.78. The van der Waals surface area contributed by atoms with E-state index in [0.717, 1.165) is 45.3 Å².